The van der Waals surface area contributed by atoms with Gasteiger partial charge in [0.2, 0.25) is 5.89 Å². The molecule has 6 heteroatoms. The highest BCUT2D eigenvalue weighted by atomic mass is 16.5. The third kappa shape index (κ3) is 3.62. The van der Waals surface area contributed by atoms with Gasteiger partial charge in [-0.1, -0.05) is 11.6 Å². The predicted molar refractivity (Wildman–Crippen MR) is 81.1 cm³/mol. The molecule has 3 rings (SSSR count). The molecular weight excluding hydrogens is 266 g/mol. The summed E-state index contributed by atoms with van der Waals surface area (Å²) in [4.78, 5) is 9.41. The molecule has 6 nitrogen and oxygen atoms in total. The van der Waals surface area contributed by atoms with Crippen LogP contribution in [0.1, 0.15) is 43.3 Å². The molecule has 1 saturated heterocycles. The first-order valence-corrected chi connectivity index (χ1v) is 8.08. The monoisotopic (exact) mass is 293 g/mol. The van der Waals surface area contributed by atoms with Crippen LogP contribution in [0.5, 0.6) is 0 Å². The van der Waals surface area contributed by atoms with E-state index in [9.17, 15) is 0 Å². The third-order valence-electron chi connectivity index (χ3n) is 4.95. The number of aromatic nitrogens is 2. The average Bonchev–Trinajstić information content (AvgIpc) is 2.91. The molecule has 1 saturated carbocycles. The van der Waals surface area contributed by atoms with Gasteiger partial charge in [0, 0.05) is 44.1 Å². The van der Waals surface area contributed by atoms with Crippen LogP contribution in [-0.2, 0) is 6.42 Å². The van der Waals surface area contributed by atoms with Gasteiger partial charge in [0.15, 0.2) is 5.82 Å². The van der Waals surface area contributed by atoms with Crippen LogP contribution in [0.3, 0.4) is 0 Å². The number of hydrogen-bond acceptors (Lipinski definition) is 6. The lowest BCUT2D eigenvalue weighted by molar-refractivity contribution is 0.113. The van der Waals surface area contributed by atoms with Crippen LogP contribution >= 0.6 is 0 Å². The van der Waals surface area contributed by atoms with Crippen molar-refractivity contribution >= 4 is 0 Å². The van der Waals surface area contributed by atoms with Crippen LogP contribution in [0.2, 0.25) is 0 Å². The second kappa shape index (κ2) is 6.42. The third-order valence-corrected chi connectivity index (χ3v) is 4.95. The van der Waals surface area contributed by atoms with Gasteiger partial charge >= 0.3 is 0 Å². The van der Waals surface area contributed by atoms with Crippen molar-refractivity contribution in [3.63, 3.8) is 0 Å². The minimum Gasteiger partial charge on any atom is -0.339 e. The van der Waals surface area contributed by atoms with Crippen molar-refractivity contribution < 1.29 is 4.52 Å². The van der Waals surface area contributed by atoms with Crippen molar-refractivity contribution in [2.75, 3.05) is 33.7 Å². The molecule has 2 heterocycles. The SMILES string of the molecule is CN1CCN(C)C(Cc2noc(C3CCCC(N)C3)n2)C1. The summed E-state index contributed by atoms with van der Waals surface area (Å²) in [6, 6.07) is 0.764. The Balaban J connectivity index is 1.62. The Morgan fingerprint density at radius 3 is 2.95 bits per heavy atom. The number of likely N-dealkylation sites (N-methyl/N-ethyl adjacent to an activating group) is 2. The molecule has 1 aliphatic carbocycles. The molecule has 0 bridgehead atoms. The molecule has 118 valence electrons. The highest BCUT2D eigenvalue weighted by molar-refractivity contribution is 4.99. The summed E-state index contributed by atoms with van der Waals surface area (Å²) in [6.07, 6.45) is 5.26. The fraction of sp³-hybridized carbons (Fsp3) is 0.867. The van der Waals surface area contributed by atoms with E-state index in [0.29, 0.717) is 12.0 Å². The molecule has 0 aromatic carbocycles. The predicted octanol–water partition coefficient (Wildman–Crippen LogP) is 0.843. The van der Waals surface area contributed by atoms with Crippen molar-refractivity contribution in [2.24, 2.45) is 5.73 Å². The van der Waals surface area contributed by atoms with Gasteiger partial charge in [0.25, 0.3) is 0 Å². The highest BCUT2D eigenvalue weighted by Gasteiger charge is 2.27. The zero-order chi connectivity index (χ0) is 14.8. The molecule has 1 aromatic rings. The first-order valence-electron chi connectivity index (χ1n) is 8.08. The quantitative estimate of drug-likeness (QED) is 0.890. The maximum absolute atomic E-state index is 6.05. The fourth-order valence-electron chi connectivity index (χ4n) is 3.50. The lowest BCUT2D eigenvalue weighted by atomic mass is 9.86. The second-order valence-electron chi connectivity index (χ2n) is 6.77. The van der Waals surface area contributed by atoms with Crippen LogP contribution < -0.4 is 5.73 Å². The summed E-state index contributed by atoms with van der Waals surface area (Å²) in [5.41, 5.74) is 6.05. The summed E-state index contributed by atoms with van der Waals surface area (Å²) in [6.45, 7) is 3.29. The first kappa shape index (κ1) is 14.9. The zero-order valence-corrected chi connectivity index (χ0v) is 13.2. The number of nitrogens with zero attached hydrogens (tertiary/aromatic N) is 4. The van der Waals surface area contributed by atoms with Crippen molar-refractivity contribution in [1.29, 1.82) is 0 Å². The van der Waals surface area contributed by atoms with Gasteiger partial charge in [-0.15, -0.1) is 0 Å². The average molecular weight is 293 g/mol. The molecule has 2 fully saturated rings. The second-order valence-corrected chi connectivity index (χ2v) is 6.77. The van der Waals surface area contributed by atoms with E-state index in [1.165, 1.54) is 6.42 Å². The number of rotatable bonds is 3. The highest BCUT2D eigenvalue weighted by Crippen LogP contribution is 2.31. The van der Waals surface area contributed by atoms with E-state index in [2.05, 4.69) is 34.0 Å². The Bertz CT molecular complexity index is 463. The van der Waals surface area contributed by atoms with Crippen molar-refractivity contribution in [1.82, 2.24) is 19.9 Å². The van der Waals surface area contributed by atoms with E-state index >= 15 is 0 Å². The van der Waals surface area contributed by atoms with E-state index in [1.54, 1.807) is 0 Å². The van der Waals surface area contributed by atoms with Gasteiger partial charge in [-0.2, -0.15) is 4.98 Å². The summed E-state index contributed by atoms with van der Waals surface area (Å²) < 4.78 is 5.51. The number of nitrogens with two attached hydrogens (primary N) is 1. The Hall–Kier alpha value is -0.980. The molecule has 1 aromatic heterocycles. The fourth-order valence-corrected chi connectivity index (χ4v) is 3.50. The van der Waals surface area contributed by atoms with Gasteiger partial charge in [-0.3, -0.25) is 0 Å². The lowest BCUT2D eigenvalue weighted by Crippen LogP contribution is -2.50. The standard InChI is InChI=1S/C15H27N5O/c1-19-6-7-20(2)13(10-19)9-14-17-15(21-18-14)11-4-3-5-12(16)8-11/h11-13H,3-10,16H2,1-2H3. The van der Waals surface area contributed by atoms with Crippen LogP contribution in [0.4, 0.5) is 0 Å². The zero-order valence-electron chi connectivity index (χ0n) is 13.2. The minimum atomic E-state index is 0.289. The minimum absolute atomic E-state index is 0.289. The van der Waals surface area contributed by atoms with Gasteiger partial charge in [-0.25, -0.2) is 0 Å². The molecule has 3 atom stereocenters. The maximum Gasteiger partial charge on any atom is 0.229 e. The van der Waals surface area contributed by atoms with E-state index in [4.69, 9.17) is 10.3 Å². The first-order chi connectivity index (χ1) is 10.1. The molecule has 0 radical (unpaired) electrons. The maximum atomic E-state index is 6.05. The molecule has 2 N–H and O–H groups in total. The molecule has 0 spiro atoms. The van der Waals surface area contributed by atoms with Gasteiger partial charge < -0.3 is 20.1 Å². The lowest BCUT2D eigenvalue weighted by Gasteiger charge is -2.37. The van der Waals surface area contributed by atoms with Crippen LogP contribution in [0.15, 0.2) is 4.52 Å². The van der Waals surface area contributed by atoms with Gasteiger partial charge in [0.05, 0.1) is 0 Å². The van der Waals surface area contributed by atoms with Crippen molar-refractivity contribution in [2.45, 2.75) is 50.1 Å². The summed E-state index contributed by atoms with van der Waals surface area (Å²) in [5, 5.41) is 4.20. The Morgan fingerprint density at radius 2 is 2.14 bits per heavy atom. The van der Waals surface area contributed by atoms with E-state index in [1.807, 2.05) is 0 Å². The largest absolute Gasteiger partial charge is 0.339 e. The number of hydrogen-bond donors (Lipinski definition) is 1. The summed E-state index contributed by atoms with van der Waals surface area (Å²) in [7, 11) is 4.35. The Labute approximate surface area is 126 Å². The summed E-state index contributed by atoms with van der Waals surface area (Å²) in [5.74, 6) is 2.00. The summed E-state index contributed by atoms with van der Waals surface area (Å²) >= 11 is 0. The van der Waals surface area contributed by atoms with Crippen LogP contribution in [0.25, 0.3) is 0 Å². The van der Waals surface area contributed by atoms with E-state index in [0.717, 1.165) is 57.0 Å². The smallest absolute Gasteiger partial charge is 0.229 e. The molecule has 0 amide bonds. The van der Waals surface area contributed by atoms with Gasteiger partial charge in [0.1, 0.15) is 0 Å². The van der Waals surface area contributed by atoms with Crippen LogP contribution in [0, 0.1) is 0 Å². The molecule has 3 unspecified atom stereocenters. The van der Waals surface area contributed by atoms with E-state index in [-0.39, 0.29) is 6.04 Å². The van der Waals surface area contributed by atoms with Crippen LogP contribution in [-0.4, -0.2) is 65.8 Å². The Kier molecular flexibility index (Phi) is 4.57. The molecule has 21 heavy (non-hydrogen) atoms. The Morgan fingerprint density at radius 1 is 1.29 bits per heavy atom. The van der Waals surface area contributed by atoms with Crippen molar-refractivity contribution in [3.05, 3.63) is 11.7 Å². The van der Waals surface area contributed by atoms with Gasteiger partial charge in [-0.05, 0) is 33.4 Å². The molecule has 2 aliphatic rings. The van der Waals surface area contributed by atoms with Crippen molar-refractivity contribution in [3.8, 4) is 0 Å². The number of piperazine rings is 1. The topological polar surface area (TPSA) is 71.4 Å². The normalized spacial score (nSPS) is 32.4. The van der Waals surface area contributed by atoms with E-state index < -0.39 is 0 Å². The molecular formula is C15H27N5O. The molecule has 1 aliphatic heterocycles.